The van der Waals surface area contributed by atoms with Crippen molar-refractivity contribution in [2.24, 2.45) is 0 Å². The van der Waals surface area contributed by atoms with E-state index < -0.39 is 66.7 Å². The maximum absolute atomic E-state index is 11.6. The van der Waals surface area contributed by atoms with Gasteiger partial charge in [-0.05, 0) is 0 Å². The van der Waals surface area contributed by atoms with Gasteiger partial charge in [0.15, 0.2) is 0 Å². The highest BCUT2D eigenvalue weighted by molar-refractivity contribution is 5.96. The van der Waals surface area contributed by atoms with Crippen LogP contribution in [-0.4, -0.2) is 76.9 Å². The van der Waals surface area contributed by atoms with Gasteiger partial charge in [0, 0.05) is 20.8 Å². The Labute approximate surface area is 158 Å². The summed E-state index contributed by atoms with van der Waals surface area (Å²) in [5.74, 6) is -4.19. The lowest BCUT2D eigenvalue weighted by Crippen LogP contribution is -2.54. The van der Waals surface area contributed by atoms with E-state index in [4.69, 9.17) is 40.3 Å². The molecular formula is C16H18O12. The number of terminal acetylenes is 1. The molecule has 12 nitrogen and oxygen atoms in total. The summed E-state index contributed by atoms with van der Waals surface area (Å²) in [5.41, 5.74) is -2.18. The summed E-state index contributed by atoms with van der Waals surface area (Å²) in [7, 11) is 0. The van der Waals surface area contributed by atoms with Gasteiger partial charge in [-0.2, -0.15) is 0 Å². The summed E-state index contributed by atoms with van der Waals surface area (Å²) in [6.07, 6.45) is -1.59. The summed E-state index contributed by atoms with van der Waals surface area (Å²) < 4.78 is 25.1. The zero-order valence-electron chi connectivity index (χ0n) is 15.1. The number of aliphatic carboxylic acids is 2. The molecule has 28 heavy (non-hydrogen) atoms. The molecule has 0 spiro atoms. The van der Waals surface area contributed by atoms with Gasteiger partial charge in [-0.3, -0.25) is 14.4 Å². The third kappa shape index (κ3) is 5.18. The Hall–Kier alpha value is -3.17. The minimum absolute atomic E-state index is 0.809. The van der Waals surface area contributed by atoms with Gasteiger partial charge in [-0.25, -0.2) is 9.59 Å². The predicted octanol–water partition coefficient (Wildman–Crippen LogP) is -1.30. The Bertz CT molecular complexity index is 693. The molecule has 0 aromatic rings. The Morgan fingerprint density at radius 1 is 1.04 bits per heavy atom. The average molecular weight is 402 g/mol. The Balaban J connectivity index is 3.29. The summed E-state index contributed by atoms with van der Waals surface area (Å²) >= 11 is 0. The lowest BCUT2D eigenvalue weighted by Gasteiger charge is -2.32. The largest absolute Gasteiger partial charge is 0.479 e. The maximum Gasteiger partial charge on any atom is 0.344 e. The fraction of sp³-hybridized carbons (Fsp3) is 0.562. The van der Waals surface area contributed by atoms with Crippen molar-refractivity contribution in [2.45, 2.75) is 51.0 Å². The second kappa shape index (κ2) is 9.16. The number of carbonyl (C=O) groups is 5. The van der Waals surface area contributed by atoms with Gasteiger partial charge in [0.1, 0.15) is 6.10 Å². The normalized spacial score (nSPS) is 26.2. The summed E-state index contributed by atoms with van der Waals surface area (Å²) in [5, 5.41) is 17.8. The first-order chi connectivity index (χ1) is 12.9. The summed E-state index contributed by atoms with van der Waals surface area (Å²) in [6, 6.07) is 0. The van der Waals surface area contributed by atoms with Crippen LogP contribution in [0.4, 0.5) is 0 Å². The number of hydrogen-bond donors (Lipinski definition) is 2. The van der Waals surface area contributed by atoms with Crippen LogP contribution in [0.25, 0.3) is 0 Å². The van der Waals surface area contributed by atoms with Crippen LogP contribution >= 0.6 is 0 Å². The number of rotatable bonds is 8. The lowest BCUT2D eigenvalue weighted by atomic mass is 9.93. The molecule has 1 saturated heterocycles. The number of ether oxygens (including phenoxy) is 5. The van der Waals surface area contributed by atoms with Crippen LogP contribution in [0.15, 0.2) is 0 Å². The molecule has 1 unspecified atom stereocenters. The molecule has 1 fully saturated rings. The summed E-state index contributed by atoms with van der Waals surface area (Å²) in [6.45, 7) is 2.20. The molecule has 12 heteroatoms. The fourth-order valence-electron chi connectivity index (χ4n) is 2.46. The van der Waals surface area contributed by atoms with Crippen LogP contribution in [-0.2, 0) is 47.7 Å². The maximum atomic E-state index is 11.6. The Kier molecular flexibility index (Phi) is 7.48. The number of esters is 3. The highest BCUT2D eigenvalue weighted by Gasteiger charge is 2.63. The van der Waals surface area contributed by atoms with Crippen LogP contribution < -0.4 is 0 Å². The van der Waals surface area contributed by atoms with E-state index in [9.17, 15) is 24.0 Å². The van der Waals surface area contributed by atoms with Crippen LogP contribution in [0.2, 0.25) is 0 Å². The first kappa shape index (κ1) is 22.9. The van der Waals surface area contributed by atoms with E-state index >= 15 is 0 Å². The Morgan fingerprint density at radius 2 is 1.57 bits per heavy atom. The van der Waals surface area contributed by atoms with Gasteiger partial charge >= 0.3 is 29.8 Å². The minimum atomic E-state index is -2.28. The Morgan fingerprint density at radius 3 is 1.96 bits per heavy atom. The lowest BCUT2D eigenvalue weighted by molar-refractivity contribution is -0.198. The topological polar surface area (TPSA) is 172 Å². The van der Waals surface area contributed by atoms with Gasteiger partial charge in [0.05, 0.1) is 6.61 Å². The van der Waals surface area contributed by atoms with Gasteiger partial charge in [-0.1, -0.05) is 5.92 Å². The van der Waals surface area contributed by atoms with Gasteiger partial charge < -0.3 is 33.9 Å². The SMILES string of the molecule is C#C[C@@]1(OC(C)=O)[C@@H](COC(C(=O)O)C(=O)O)OC(OC(C)=O)[C@@H]1OC(C)=O. The highest BCUT2D eigenvalue weighted by Crippen LogP contribution is 2.38. The average Bonchev–Trinajstić information content (AvgIpc) is 2.79. The van der Waals surface area contributed by atoms with E-state index in [1.165, 1.54) is 0 Å². The monoisotopic (exact) mass is 402 g/mol. The molecule has 0 bridgehead atoms. The third-order valence-electron chi connectivity index (χ3n) is 3.42. The predicted molar refractivity (Wildman–Crippen MR) is 84.3 cm³/mol. The van der Waals surface area contributed by atoms with Crippen molar-refractivity contribution in [3.63, 3.8) is 0 Å². The molecule has 0 aromatic carbocycles. The van der Waals surface area contributed by atoms with Crippen molar-refractivity contribution < 1.29 is 57.9 Å². The number of carbonyl (C=O) groups excluding carboxylic acids is 3. The van der Waals surface area contributed by atoms with Crippen LogP contribution in [0, 0.1) is 12.3 Å². The molecule has 0 aromatic heterocycles. The van der Waals surface area contributed by atoms with Crippen molar-refractivity contribution in [2.75, 3.05) is 6.61 Å². The molecular weight excluding hydrogens is 384 g/mol. The third-order valence-corrected chi connectivity index (χ3v) is 3.42. The van der Waals surface area contributed by atoms with Crippen LogP contribution in [0.5, 0.6) is 0 Å². The molecule has 1 aliphatic rings. The highest BCUT2D eigenvalue weighted by atomic mass is 16.8. The number of carboxylic acid groups (broad SMARTS) is 2. The second-order valence-electron chi connectivity index (χ2n) is 5.55. The van der Waals surface area contributed by atoms with Crippen LogP contribution in [0.3, 0.4) is 0 Å². The van der Waals surface area contributed by atoms with Crippen molar-refractivity contribution >= 4 is 29.8 Å². The fourth-order valence-corrected chi connectivity index (χ4v) is 2.46. The second-order valence-corrected chi connectivity index (χ2v) is 5.55. The van der Waals surface area contributed by atoms with E-state index in [-0.39, 0.29) is 0 Å². The first-order valence-corrected chi connectivity index (χ1v) is 7.69. The molecule has 4 atom stereocenters. The van der Waals surface area contributed by atoms with E-state index in [0.29, 0.717) is 0 Å². The van der Waals surface area contributed by atoms with E-state index in [1.54, 1.807) is 0 Å². The van der Waals surface area contributed by atoms with Crippen molar-refractivity contribution in [3.8, 4) is 12.3 Å². The van der Waals surface area contributed by atoms with E-state index in [0.717, 1.165) is 20.8 Å². The quantitative estimate of drug-likeness (QED) is 0.213. The molecule has 2 N–H and O–H groups in total. The van der Waals surface area contributed by atoms with Crippen LogP contribution in [0.1, 0.15) is 20.8 Å². The molecule has 0 saturated carbocycles. The molecule has 1 heterocycles. The van der Waals surface area contributed by atoms with Gasteiger partial charge in [-0.15, -0.1) is 6.42 Å². The van der Waals surface area contributed by atoms with Gasteiger partial charge in [0.2, 0.25) is 18.0 Å². The van der Waals surface area contributed by atoms with E-state index in [1.807, 2.05) is 0 Å². The van der Waals surface area contributed by atoms with E-state index in [2.05, 4.69) is 5.92 Å². The molecule has 154 valence electrons. The molecule has 1 rings (SSSR count). The minimum Gasteiger partial charge on any atom is -0.479 e. The summed E-state index contributed by atoms with van der Waals surface area (Å²) in [4.78, 5) is 56.3. The smallest absolute Gasteiger partial charge is 0.344 e. The van der Waals surface area contributed by atoms with Crippen molar-refractivity contribution in [1.82, 2.24) is 0 Å². The molecule has 0 aliphatic carbocycles. The van der Waals surface area contributed by atoms with Crippen molar-refractivity contribution in [1.29, 1.82) is 0 Å². The first-order valence-electron chi connectivity index (χ1n) is 7.69. The standard InChI is InChI=1S/C16H18O12/c1-5-16(28-9(4)19)10(6-24-11(13(20)21)14(22)23)27-15(26-8(3)18)12(16)25-7(2)17/h1,10-12,15H,6H2,2-4H3,(H,20,21)(H,22,23)/t10-,12+,15?,16-/m1/s1. The molecule has 0 amide bonds. The number of hydrogen-bond acceptors (Lipinski definition) is 10. The molecule has 0 radical (unpaired) electrons. The number of carboxylic acids is 2. The molecule has 1 aliphatic heterocycles. The van der Waals surface area contributed by atoms with Gasteiger partial charge in [0.25, 0.3) is 6.10 Å². The zero-order valence-corrected chi connectivity index (χ0v) is 15.1. The zero-order chi connectivity index (χ0) is 21.6. The van der Waals surface area contributed by atoms with Crippen molar-refractivity contribution in [3.05, 3.63) is 0 Å².